The Labute approximate surface area is 178 Å². The van der Waals surface area contributed by atoms with E-state index in [2.05, 4.69) is 5.32 Å². The molecular formula is C22H35NO7. The Hall–Kier alpha value is -2.32. The Balaban J connectivity index is 2.02. The second-order valence-electron chi connectivity index (χ2n) is 7.94. The molecule has 8 nitrogen and oxygen atoms in total. The van der Waals surface area contributed by atoms with Crippen molar-refractivity contribution in [2.45, 2.75) is 64.8 Å². The van der Waals surface area contributed by atoms with Crippen LogP contribution in [0.2, 0.25) is 0 Å². The van der Waals surface area contributed by atoms with Gasteiger partial charge in [0.15, 0.2) is 0 Å². The molecule has 0 saturated carbocycles. The number of carbonyl (C=O) groups excluding carboxylic acids is 2. The SMILES string of the molecule is COc1ccc(COC[C@H](O)COC(=O)CCCCCNC(=O)OC(C)(C)C)cc1. The molecule has 0 aromatic heterocycles. The summed E-state index contributed by atoms with van der Waals surface area (Å²) in [5.74, 6) is 0.411. The average Bonchev–Trinajstić information content (AvgIpc) is 2.68. The van der Waals surface area contributed by atoms with Gasteiger partial charge in [-0.25, -0.2) is 4.79 Å². The van der Waals surface area contributed by atoms with Crippen molar-refractivity contribution >= 4 is 12.1 Å². The van der Waals surface area contributed by atoms with Crippen LogP contribution < -0.4 is 10.1 Å². The number of hydrogen-bond acceptors (Lipinski definition) is 7. The first-order valence-corrected chi connectivity index (χ1v) is 10.2. The highest BCUT2D eigenvalue weighted by Crippen LogP contribution is 2.12. The molecule has 0 unspecified atom stereocenters. The number of benzene rings is 1. The zero-order valence-electron chi connectivity index (χ0n) is 18.4. The first kappa shape index (κ1) is 25.7. The van der Waals surface area contributed by atoms with Crippen LogP contribution in [0.1, 0.15) is 52.0 Å². The molecule has 0 heterocycles. The summed E-state index contributed by atoms with van der Waals surface area (Å²) in [6.45, 7) is 6.25. The molecule has 30 heavy (non-hydrogen) atoms. The van der Waals surface area contributed by atoms with Crippen LogP contribution in [0.5, 0.6) is 5.75 Å². The second kappa shape index (κ2) is 13.8. The van der Waals surface area contributed by atoms with Gasteiger partial charge in [0.25, 0.3) is 0 Å². The van der Waals surface area contributed by atoms with Gasteiger partial charge in [0.2, 0.25) is 0 Å². The smallest absolute Gasteiger partial charge is 0.407 e. The summed E-state index contributed by atoms with van der Waals surface area (Å²) in [7, 11) is 1.60. The van der Waals surface area contributed by atoms with E-state index >= 15 is 0 Å². The van der Waals surface area contributed by atoms with E-state index in [0.717, 1.165) is 24.2 Å². The van der Waals surface area contributed by atoms with E-state index in [9.17, 15) is 14.7 Å². The van der Waals surface area contributed by atoms with Gasteiger partial charge >= 0.3 is 12.1 Å². The molecule has 0 radical (unpaired) electrons. The van der Waals surface area contributed by atoms with Gasteiger partial charge in [-0.1, -0.05) is 18.6 Å². The first-order valence-electron chi connectivity index (χ1n) is 10.2. The number of carbonyl (C=O) groups is 2. The lowest BCUT2D eigenvalue weighted by atomic mass is 10.2. The highest BCUT2D eigenvalue weighted by atomic mass is 16.6. The van der Waals surface area contributed by atoms with E-state index in [0.29, 0.717) is 19.6 Å². The van der Waals surface area contributed by atoms with Crippen molar-refractivity contribution in [2.75, 3.05) is 26.9 Å². The van der Waals surface area contributed by atoms with Gasteiger partial charge < -0.3 is 29.4 Å². The number of alkyl carbamates (subject to hydrolysis) is 1. The van der Waals surface area contributed by atoms with E-state index in [-0.39, 0.29) is 25.6 Å². The summed E-state index contributed by atoms with van der Waals surface area (Å²) < 4.78 is 20.7. The van der Waals surface area contributed by atoms with E-state index in [4.69, 9.17) is 18.9 Å². The number of nitrogens with one attached hydrogen (secondary N) is 1. The standard InChI is InChI=1S/C22H35NO7/c1-22(2,3)30-21(26)23-13-7-5-6-8-20(25)29-16-18(24)15-28-14-17-9-11-19(27-4)12-10-17/h9-12,18,24H,5-8,13-16H2,1-4H3,(H,23,26)/t18-/m0/s1. The number of aliphatic hydroxyl groups is 1. The Bertz CT molecular complexity index is 625. The fourth-order valence-corrected chi connectivity index (χ4v) is 2.42. The molecule has 0 saturated heterocycles. The van der Waals surface area contributed by atoms with Crippen molar-refractivity contribution in [3.05, 3.63) is 29.8 Å². The fourth-order valence-electron chi connectivity index (χ4n) is 2.42. The minimum Gasteiger partial charge on any atom is -0.497 e. The molecule has 1 atom stereocenters. The van der Waals surface area contributed by atoms with Crippen LogP contribution in [-0.2, 0) is 25.6 Å². The van der Waals surface area contributed by atoms with Crippen LogP contribution in [0.25, 0.3) is 0 Å². The molecule has 0 aliphatic carbocycles. The minimum atomic E-state index is -0.870. The van der Waals surface area contributed by atoms with Gasteiger partial charge in [-0.15, -0.1) is 0 Å². The summed E-state index contributed by atoms with van der Waals surface area (Å²) >= 11 is 0. The summed E-state index contributed by atoms with van der Waals surface area (Å²) in [5, 5.41) is 12.5. The fraction of sp³-hybridized carbons (Fsp3) is 0.636. The molecule has 1 aromatic rings. The number of ether oxygens (including phenoxy) is 4. The van der Waals surface area contributed by atoms with E-state index < -0.39 is 17.8 Å². The lowest BCUT2D eigenvalue weighted by molar-refractivity contribution is -0.148. The van der Waals surface area contributed by atoms with Crippen molar-refractivity contribution in [3.63, 3.8) is 0 Å². The number of hydrogen-bond donors (Lipinski definition) is 2. The molecule has 0 aliphatic rings. The van der Waals surface area contributed by atoms with Crippen LogP contribution in [0.3, 0.4) is 0 Å². The Kier molecular flexibility index (Phi) is 11.8. The molecular weight excluding hydrogens is 390 g/mol. The zero-order valence-corrected chi connectivity index (χ0v) is 18.4. The molecule has 1 aromatic carbocycles. The topological polar surface area (TPSA) is 103 Å². The van der Waals surface area contributed by atoms with Gasteiger partial charge in [-0.2, -0.15) is 0 Å². The number of aliphatic hydroxyl groups excluding tert-OH is 1. The molecule has 2 N–H and O–H groups in total. The highest BCUT2D eigenvalue weighted by Gasteiger charge is 2.15. The third kappa shape index (κ3) is 13.0. The van der Waals surface area contributed by atoms with Gasteiger partial charge in [0.05, 0.1) is 20.3 Å². The summed E-state index contributed by atoms with van der Waals surface area (Å²) in [4.78, 5) is 23.2. The van der Waals surface area contributed by atoms with Crippen molar-refractivity contribution in [3.8, 4) is 5.75 Å². The predicted molar refractivity (Wildman–Crippen MR) is 112 cm³/mol. The van der Waals surface area contributed by atoms with E-state index in [1.165, 1.54) is 0 Å². The third-order valence-corrected chi connectivity index (χ3v) is 3.90. The second-order valence-corrected chi connectivity index (χ2v) is 7.94. The van der Waals surface area contributed by atoms with Crippen molar-refractivity contribution < 1.29 is 33.6 Å². The number of methoxy groups -OCH3 is 1. The van der Waals surface area contributed by atoms with E-state index in [1.54, 1.807) is 7.11 Å². The molecule has 170 valence electrons. The van der Waals surface area contributed by atoms with Crippen LogP contribution in [0.4, 0.5) is 4.79 Å². The van der Waals surface area contributed by atoms with Crippen molar-refractivity contribution in [1.29, 1.82) is 0 Å². The van der Waals surface area contributed by atoms with Gasteiger partial charge in [-0.05, 0) is 51.3 Å². The first-order chi connectivity index (χ1) is 14.2. The summed E-state index contributed by atoms with van der Waals surface area (Å²) in [6, 6.07) is 7.44. The summed E-state index contributed by atoms with van der Waals surface area (Å²) in [5.41, 5.74) is 0.445. The Morgan fingerprint density at radius 3 is 2.40 bits per heavy atom. The molecule has 0 fully saturated rings. The quantitative estimate of drug-likeness (QED) is 0.369. The zero-order chi connectivity index (χ0) is 22.4. The Morgan fingerprint density at radius 2 is 1.77 bits per heavy atom. The molecule has 0 bridgehead atoms. The van der Waals surface area contributed by atoms with Crippen LogP contribution in [-0.4, -0.2) is 55.7 Å². The molecule has 0 aliphatic heterocycles. The normalized spacial score (nSPS) is 12.2. The van der Waals surface area contributed by atoms with Crippen LogP contribution in [0.15, 0.2) is 24.3 Å². The monoisotopic (exact) mass is 425 g/mol. The van der Waals surface area contributed by atoms with E-state index in [1.807, 2.05) is 45.0 Å². The van der Waals surface area contributed by atoms with Crippen molar-refractivity contribution in [2.24, 2.45) is 0 Å². The van der Waals surface area contributed by atoms with Gasteiger partial charge in [0, 0.05) is 13.0 Å². The number of esters is 1. The van der Waals surface area contributed by atoms with Crippen LogP contribution in [0, 0.1) is 0 Å². The van der Waals surface area contributed by atoms with Gasteiger partial charge in [0.1, 0.15) is 24.1 Å². The maximum atomic E-state index is 11.7. The lowest BCUT2D eigenvalue weighted by Gasteiger charge is -2.19. The predicted octanol–water partition coefficient (Wildman–Crippen LogP) is 3.20. The number of rotatable bonds is 13. The largest absolute Gasteiger partial charge is 0.497 e. The maximum Gasteiger partial charge on any atom is 0.407 e. The molecule has 8 heteroatoms. The van der Waals surface area contributed by atoms with Gasteiger partial charge in [-0.3, -0.25) is 4.79 Å². The minimum absolute atomic E-state index is 0.0790. The highest BCUT2D eigenvalue weighted by molar-refractivity contribution is 5.69. The maximum absolute atomic E-state index is 11.7. The molecule has 1 amide bonds. The third-order valence-electron chi connectivity index (χ3n) is 3.90. The number of unbranched alkanes of at least 4 members (excludes halogenated alkanes) is 2. The number of amides is 1. The lowest BCUT2D eigenvalue weighted by Crippen LogP contribution is -2.33. The molecule has 0 spiro atoms. The Morgan fingerprint density at radius 1 is 1.07 bits per heavy atom. The van der Waals surface area contributed by atoms with Crippen molar-refractivity contribution in [1.82, 2.24) is 5.32 Å². The summed E-state index contributed by atoms with van der Waals surface area (Å²) in [6.07, 6.45) is 1.13. The average molecular weight is 426 g/mol. The molecule has 1 rings (SSSR count). The van der Waals surface area contributed by atoms with Crippen LogP contribution >= 0.6 is 0 Å².